The molecule has 7 heteroatoms. The first kappa shape index (κ1) is 16.9. The Bertz CT molecular complexity index is 1040. The molecule has 2 amide bonds. The third-order valence-corrected chi connectivity index (χ3v) is 4.95. The number of amides is 2. The van der Waals surface area contributed by atoms with E-state index >= 15 is 0 Å². The van der Waals surface area contributed by atoms with Crippen LogP contribution in [0.5, 0.6) is 0 Å². The van der Waals surface area contributed by atoms with Crippen molar-refractivity contribution in [3.8, 4) is 0 Å². The molecule has 26 heavy (non-hydrogen) atoms. The Kier molecular flexibility index (Phi) is 4.13. The molecule has 1 atom stereocenters. The molecule has 5 nitrogen and oxygen atoms in total. The standard InChI is InChI=1S/C19H15Cl2N3O2/c1-9-8-22-19(26)17-16(9)14-4-10(2-3-15(14)24-17)18(25)23-13-6-11(20)5-12(21)7-13/h2-7,9,24H,8H2,1H3,(H,22,26)(H,23,25). The topological polar surface area (TPSA) is 74.0 Å². The smallest absolute Gasteiger partial charge is 0.268 e. The predicted octanol–water partition coefficient (Wildman–Crippen LogP) is 4.57. The molecule has 0 fully saturated rings. The van der Waals surface area contributed by atoms with Crippen molar-refractivity contribution in [2.24, 2.45) is 0 Å². The number of aromatic nitrogens is 1. The van der Waals surface area contributed by atoms with Gasteiger partial charge in [-0.1, -0.05) is 30.1 Å². The summed E-state index contributed by atoms with van der Waals surface area (Å²) in [5.41, 5.74) is 3.37. The maximum Gasteiger partial charge on any atom is 0.268 e. The van der Waals surface area contributed by atoms with E-state index in [0.717, 1.165) is 16.5 Å². The number of fused-ring (bicyclic) bond motifs is 3. The van der Waals surface area contributed by atoms with Gasteiger partial charge in [-0.25, -0.2) is 0 Å². The Morgan fingerprint density at radius 1 is 1.15 bits per heavy atom. The lowest BCUT2D eigenvalue weighted by atomic mass is 9.93. The van der Waals surface area contributed by atoms with Crippen LogP contribution in [0.25, 0.3) is 10.9 Å². The minimum absolute atomic E-state index is 0.117. The number of benzene rings is 2. The van der Waals surface area contributed by atoms with Crippen LogP contribution >= 0.6 is 23.2 Å². The molecule has 0 saturated heterocycles. The first-order chi connectivity index (χ1) is 12.4. The largest absolute Gasteiger partial charge is 0.350 e. The lowest BCUT2D eigenvalue weighted by Gasteiger charge is -2.19. The summed E-state index contributed by atoms with van der Waals surface area (Å²) < 4.78 is 0. The van der Waals surface area contributed by atoms with Crippen LogP contribution in [0.3, 0.4) is 0 Å². The lowest BCUT2D eigenvalue weighted by molar-refractivity contribution is 0.0936. The number of carbonyl (C=O) groups excluding carboxylic acids is 2. The molecule has 3 aromatic rings. The fraction of sp³-hybridized carbons (Fsp3) is 0.158. The number of nitrogens with one attached hydrogen (secondary N) is 3. The van der Waals surface area contributed by atoms with E-state index in [1.54, 1.807) is 30.3 Å². The molecular formula is C19H15Cl2N3O2. The minimum atomic E-state index is -0.270. The summed E-state index contributed by atoms with van der Waals surface area (Å²) in [7, 11) is 0. The van der Waals surface area contributed by atoms with Gasteiger partial charge in [0.25, 0.3) is 11.8 Å². The molecule has 0 bridgehead atoms. The van der Waals surface area contributed by atoms with Gasteiger partial charge in [-0.3, -0.25) is 9.59 Å². The fourth-order valence-electron chi connectivity index (χ4n) is 3.31. The minimum Gasteiger partial charge on any atom is -0.350 e. The van der Waals surface area contributed by atoms with Crippen LogP contribution in [-0.4, -0.2) is 23.3 Å². The van der Waals surface area contributed by atoms with Gasteiger partial charge in [0, 0.05) is 44.7 Å². The zero-order valence-electron chi connectivity index (χ0n) is 13.8. The molecule has 1 aromatic heterocycles. The van der Waals surface area contributed by atoms with E-state index in [0.29, 0.717) is 33.5 Å². The zero-order chi connectivity index (χ0) is 18.4. The van der Waals surface area contributed by atoms with Gasteiger partial charge in [0.1, 0.15) is 5.69 Å². The second-order valence-corrected chi connectivity index (χ2v) is 7.27. The molecule has 0 radical (unpaired) electrons. The predicted molar refractivity (Wildman–Crippen MR) is 103 cm³/mol. The Balaban J connectivity index is 1.72. The summed E-state index contributed by atoms with van der Waals surface area (Å²) in [4.78, 5) is 27.9. The Morgan fingerprint density at radius 3 is 2.62 bits per heavy atom. The second kappa shape index (κ2) is 6.34. The zero-order valence-corrected chi connectivity index (χ0v) is 15.3. The van der Waals surface area contributed by atoms with Crippen LogP contribution in [0.2, 0.25) is 10.0 Å². The molecule has 3 N–H and O–H groups in total. The van der Waals surface area contributed by atoms with Crippen LogP contribution in [0.15, 0.2) is 36.4 Å². The molecule has 2 heterocycles. The summed E-state index contributed by atoms with van der Waals surface area (Å²) >= 11 is 11.9. The lowest BCUT2D eigenvalue weighted by Crippen LogP contribution is -2.33. The molecular weight excluding hydrogens is 373 g/mol. The van der Waals surface area contributed by atoms with Gasteiger partial charge in [-0.15, -0.1) is 0 Å². The van der Waals surface area contributed by atoms with E-state index in [-0.39, 0.29) is 17.7 Å². The number of H-pyrrole nitrogens is 1. The molecule has 0 aliphatic carbocycles. The number of hydrogen-bond acceptors (Lipinski definition) is 2. The highest BCUT2D eigenvalue weighted by molar-refractivity contribution is 6.35. The number of aromatic amines is 1. The summed E-state index contributed by atoms with van der Waals surface area (Å²) in [6, 6.07) is 10.2. The van der Waals surface area contributed by atoms with E-state index in [9.17, 15) is 9.59 Å². The quantitative estimate of drug-likeness (QED) is 0.602. The second-order valence-electron chi connectivity index (χ2n) is 6.40. The summed E-state index contributed by atoms with van der Waals surface area (Å²) in [5.74, 6) is -0.219. The van der Waals surface area contributed by atoms with E-state index in [2.05, 4.69) is 15.6 Å². The average Bonchev–Trinajstić information content (AvgIpc) is 2.97. The van der Waals surface area contributed by atoms with Crippen LogP contribution in [0, 0.1) is 0 Å². The number of carbonyl (C=O) groups is 2. The van der Waals surface area contributed by atoms with Crippen molar-refractivity contribution in [1.82, 2.24) is 10.3 Å². The summed E-state index contributed by atoms with van der Waals surface area (Å²) in [5, 5.41) is 7.44. The highest BCUT2D eigenvalue weighted by atomic mass is 35.5. The van der Waals surface area contributed by atoms with Crippen molar-refractivity contribution < 1.29 is 9.59 Å². The first-order valence-electron chi connectivity index (χ1n) is 8.13. The SMILES string of the molecule is CC1CNC(=O)c2[nH]c3ccc(C(=O)Nc4cc(Cl)cc(Cl)c4)cc3c21. The number of hydrogen-bond donors (Lipinski definition) is 3. The van der Waals surface area contributed by atoms with Crippen molar-refractivity contribution in [1.29, 1.82) is 0 Å². The third-order valence-electron chi connectivity index (χ3n) is 4.51. The molecule has 132 valence electrons. The molecule has 0 saturated carbocycles. The van der Waals surface area contributed by atoms with E-state index in [4.69, 9.17) is 23.2 Å². The van der Waals surface area contributed by atoms with Gasteiger partial charge in [0.05, 0.1) is 0 Å². The van der Waals surface area contributed by atoms with Crippen molar-refractivity contribution >= 4 is 51.6 Å². The molecule has 1 aliphatic rings. The highest BCUT2D eigenvalue weighted by Gasteiger charge is 2.27. The molecule has 1 unspecified atom stereocenters. The maximum atomic E-state index is 12.6. The van der Waals surface area contributed by atoms with Gasteiger partial charge in [-0.05, 0) is 42.0 Å². The molecule has 2 aromatic carbocycles. The van der Waals surface area contributed by atoms with Gasteiger partial charge in [0.2, 0.25) is 0 Å². The molecule has 4 rings (SSSR count). The maximum absolute atomic E-state index is 12.6. The average molecular weight is 388 g/mol. The van der Waals surface area contributed by atoms with Gasteiger partial charge < -0.3 is 15.6 Å². The molecule has 0 spiro atoms. The Labute approximate surface area is 159 Å². The van der Waals surface area contributed by atoms with Crippen LogP contribution < -0.4 is 10.6 Å². The number of anilines is 1. The van der Waals surface area contributed by atoms with E-state index < -0.39 is 0 Å². The number of rotatable bonds is 2. The van der Waals surface area contributed by atoms with Gasteiger partial charge >= 0.3 is 0 Å². The van der Waals surface area contributed by atoms with E-state index in [1.807, 2.05) is 13.0 Å². The van der Waals surface area contributed by atoms with Crippen molar-refractivity contribution in [2.45, 2.75) is 12.8 Å². The normalized spacial score (nSPS) is 16.3. The fourth-order valence-corrected chi connectivity index (χ4v) is 3.84. The Hall–Kier alpha value is -2.50. The van der Waals surface area contributed by atoms with Crippen molar-refractivity contribution in [2.75, 3.05) is 11.9 Å². The highest BCUT2D eigenvalue weighted by Crippen LogP contribution is 2.32. The first-order valence-corrected chi connectivity index (χ1v) is 8.89. The van der Waals surface area contributed by atoms with Crippen LogP contribution in [0.1, 0.15) is 39.3 Å². The monoisotopic (exact) mass is 387 g/mol. The summed E-state index contributed by atoms with van der Waals surface area (Å²) in [6.45, 7) is 2.63. The molecule has 1 aliphatic heterocycles. The summed E-state index contributed by atoms with van der Waals surface area (Å²) in [6.07, 6.45) is 0. The number of halogens is 2. The van der Waals surface area contributed by atoms with E-state index in [1.165, 1.54) is 0 Å². The van der Waals surface area contributed by atoms with Crippen molar-refractivity contribution in [3.63, 3.8) is 0 Å². The van der Waals surface area contributed by atoms with Gasteiger partial charge in [0.15, 0.2) is 0 Å². The van der Waals surface area contributed by atoms with Gasteiger partial charge in [-0.2, -0.15) is 0 Å². The third kappa shape index (κ3) is 2.93. The van der Waals surface area contributed by atoms with Crippen molar-refractivity contribution in [3.05, 3.63) is 63.3 Å². The van der Waals surface area contributed by atoms with Crippen LogP contribution in [-0.2, 0) is 0 Å². The Morgan fingerprint density at radius 2 is 1.88 bits per heavy atom. The van der Waals surface area contributed by atoms with Crippen LogP contribution in [0.4, 0.5) is 5.69 Å².